The second-order valence-corrected chi connectivity index (χ2v) is 6.97. The Morgan fingerprint density at radius 2 is 1.81 bits per heavy atom. The van der Waals surface area contributed by atoms with Gasteiger partial charge in [-0.3, -0.25) is 10.1 Å². The van der Waals surface area contributed by atoms with Gasteiger partial charge in [0.25, 0.3) is 0 Å². The Kier molecular flexibility index (Phi) is 3.79. The van der Waals surface area contributed by atoms with Crippen LogP contribution in [0.25, 0.3) is 56.0 Å². The quantitative estimate of drug-likeness (QED) is 0.455. The number of nitrogens with one attached hydrogen (secondary N) is 2. The van der Waals surface area contributed by atoms with Gasteiger partial charge in [0.1, 0.15) is 17.8 Å². The van der Waals surface area contributed by atoms with Gasteiger partial charge in [0.2, 0.25) is 0 Å². The van der Waals surface area contributed by atoms with E-state index in [0.29, 0.717) is 22.7 Å². The molecule has 0 unspecified atom stereocenters. The van der Waals surface area contributed by atoms with E-state index in [9.17, 15) is 4.39 Å². The number of pyridine rings is 2. The van der Waals surface area contributed by atoms with Crippen LogP contribution < -0.4 is 0 Å². The minimum Gasteiger partial charge on any atom is -0.335 e. The summed E-state index contributed by atoms with van der Waals surface area (Å²) in [7, 11) is 0. The third kappa shape index (κ3) is 2.91. The molecular weight excluding hydrogens is 395 g/mol. The molecule has 8 nitrogen and oxygen atoms in total. The van der Waals surface area contributed by atoms with Gasteiger partial charge in [0, 0.05) is 35.1 Å². The molecule has 0 aliphatic carbocycles. The van der Waals surface area contributed by atoms with Gasteiger partial charge < -0.3 is 4.98 Å². The number of nitrogens with zero attached hydrogens (tertiary/aromatic N) is 6. The van der Waals surface area contributed by atoms with E-state index in [2.05, 4.69) is 40.1 Å². The van der Waals surface area contributed by atoms with E-state index in [0.717, 1.165) is 33.3 Å². The zero-order valence-electron chi connectivity index (χ0n) is 15.9. The van der Waals surface area contributed by atoms with Crippen LogP contribution in [0.4, 0.5) is 4.39 Å². The van der Waals surface area contributed by atoms with Gasteiger partial charge in [0.15, 0.2) is 11.5 Å². The van der Waals surface area contributed by atoms with Crippen LogP contribution in [0.2, 0.25) is 0 Å². The number of rotatable bonds is 3. The fourth-order valence-electron chi connectivity index (χ4n) is 3.61. The molecule has 0 amide bonds. The molecule has 0 radical (unpaired) electrons. The van der Waals surface area contributed by atoms with E-state index >= 15 is 0 Å². The van der Waals surface area contributed by atoms with Crippen LogP contribution in [0.3, 0.4) is 0 Å². The van der Waals surface area contributed by atoms with Crippen LogP contribution in [0.1, 0.15) is 0 Å². The molecule has 0 saturated carbocycles. The molecule has 0 saturated heterocycles. The Bertz CT molecular complexity index is 1550. The minimum atomic E-state index is -0.301. The number of H-pyrrole nitrogens is 2. The summed E-state index contributed by atoms with van der Waals surface area (Å²) in [5.74, 6) is 0.254. The van der Waals surface area contributed by atoms with Crippen molar-refractivity contribution in [1.82, 2.24) is 40.1 Å². The maximum atomic E-state index is 13.8. The highest BCUT2D eigenvalue weighted by Gasteiger charge is 2.17. The molecule has 2 N–H and O–H groups in total. The third-order valence-electron chi connectivity index (χ3n) is 5.06. The molecule has 0 aliphatic rings. The topological polar surface area (TPSA) is 109 Å². The summed E-state index contributed by atoms with van der Waals surface area (Å²) in [5, 5.41) is 8.27. The van der Waals surface area contributed by atoms with Gasteiger partial charge in [-0.2, -0.15) is 5.10 Å². The second-order valence-electron chi connectivity index (χ2n) is 6.97. The molecule has 31 heavy (non-hydrogen) atoms. The number of halogens is 1. The van der Waals surface area contributed by atoms with E-state index < -0.39 is 0 Å². The summed E-state index contributed by atoms with van der Waals surface area (Å²) in [5.41, 5.74) is 5.73. The Hall–Kier alpha value is -4.53. The lowest BCUT2D eigenvalue weighted by Crippen LogP contribution is -1.87. The number of imidazole rings is 1. The van der Waals surface area contributed by atoms with Crippen molar-refractivity contribution in [3.05, 3.63) is 73.3 Å². The highest BCUT2D eigenvalue weighted by atomic mass is 19.1. The first-order valence-electron chi connectivity index (χ1n) is 9.47. The molecule has 5 heterocycles. The van der Waals surface area contributed by atoms with E-state index in [1.165, 1.54) is 18.5 Å². The maximum Gasteiger partial charge on any atom is 0.178 e. The summed E-state index contributed by atoms with van der Waals surface area (Å²) in [6.07, 6.45) is 8.26. The molecule has 6 aromatic rings. The molecule has 9 heteroatoms. The molecule has 0 fully saturated rings. The van der Waals surface area contributed by atoms with Crippen molar-refractivity contribution in [1.29, 1.82) is 0 Å². The van der Waals surface area contributed by atoms with Crippen LogP contribution in [0, 0.1) is 5.82 Å². The summed E-state index contributed by atoms with van der Waals surface area (Å²) >= 11 is 0. The van der Waals surface area contributed by atoms with Gasteiger partial charge in [-0.1, -0.05) is 12.1 Å². The van der Waals surface area contributed by atoms with E-state index in [4.69, 9.17) is 0 Å². The number of benzene rings is 1. The van der Waals surface area contributed by atoms with Crippen molar-refractivity contribution < 1.29 is 4.39 Å². The molecular formula is C22H13FN8. The van der Waals surface area contributed by atoms with Gasteiger partial charge in [-0.05, 0) is 29.8 Å². The number of aromatic amines is 2. The first kappa shape index (κ1) is 17.3. The normalized spacial score (nSPS) is 11.4. The van der Waals surface area contributed by atoms with E-state index in [-0.39, 0.29) is 5.82 Å². The molecule has 1 aromatic carbocycles. The highest BCUT2D eigenvalue weighted by molar-refractivity contribution is 5.96. The molecule has 0 bridgehead atoms. The number of fused-ring (bicyclic) bond motifs is 2. The van der Waals surface area contributed by atoms with Gasteiger partial charge in [0.05, 0.1) is 22.9 Å². The molecule has 0 spiro atoms. The SMILES string of the molecule is Fc1cccc(-c2ccnc3nc(-c4n[nH]c5cnc(-c6cncnc6)cc45)[nH]c23)c1. The lowest BCUT2D eigenvalue weighted by molar-refractivity contribution is 0.628. The third-order valence-corrected chi connectivity index (χ3v) is 5.06. The standard InChI is InChI=1S/C22H13FN8/c23-14-3-1-2-12(6-14)15-4-5-26-21-19(15)28-22(29-21)20-16-7-17(13-8-24-11-25-9-13)27-10-18(16)30-31-20/h1-11H,(H,30,31)(H,26,28,29). The van der Waals surface area contributed by atoms with Crippen LogP contribution in [0.15, 0.2) is 67.5 Å². The fourth-order valence-corrected chi connectivity index (χ4v) is 3.61. The van der Waals surface area contributed by atoms with Crippen LogP contribution >= 0.6 is 0 Å². The average molecular weight is 408 g/mol. The lowest BCUT2D eigenvalue weighted by atomic mass is 10.1. The number of hydrogen-bond donors (Lipinski definition) is 2. The predicted octanol–water partition coefficient (Wildman–Crippen LogP) is 4.16. The van der Waals surface area contributed by atoms with E-state index in [1.54, 1.807) is 30.9 Å². The van der Waals surface area contributed by atoms with Crippen LogP contribution in [0.5, 0.6) is 0 Å². The first-order chi connectivity index (χ1) is 15.3. The summed E-state index contributed by atoms with van der Waals surface area (Å²) in [4.78, 5) is 24.9. The fraction of sp³-hybridized carbons (Fsp3) is 0. The van der Waals surface area contributed by atoms with Crippen LogP contribution in [-0.2, 0) is 0 Å². The van der Waals surface area contributed by atoms with Gasteiger partial charge in [-0.15, -0.1) is 0 Å². The van der Waals surface area contributed by atoms with Crippen molar-refractivity contribution in [2.45, 2.75) is 0 Å². The summed E-state index contributed by atoms with van der Waals surface area (Å²) < 4.78 is 13.8. The first-order valence-corrected chi connectivity index (χ1v) is 9.47. The smallest absolute Gasteiger partial charge is 0.178 e. The van der Waals surface area contributed by atoms with Crippen molar-refractivity contribution in [2.24, 2.45) is 0 Å². The molecule has 0 aliphatic heterocycles. The predicted molar refractivity (Wildman–Crippen MR) is 113 cm³/mol. The average Bonchev–Trinajstić information content (AvgIpc) is 3.43. The van der Waals surface area contributed by atoms with Crippen molar-refractivity contribution in [3.63, 3.8) is 0 Å². The second kappa shape index (κ2) is 6.77. The zero-order valence-corrected chi connectivity index (χ0v) is 15.9. The van der Waals surface area contributed by atoms with Gasteiger partial charge >= 0.3 is 0 Å². The van der Waals surface area contributed by atoms with Crippen molar-refractivity contribution in [2.75, 3.05) is 0 Å². The molecule has 6 rings (SSSR count). The van der Waals surface area contributed by atoms with Crippen LogP contribution in [-0.4, -0.2) is 40.1 Å². The van der Waals surface area contributed by atoms with Crippen molar-refractivity contribution in [3.8, 4) is 33.9 Å². The highest BCUT2D eigenvalue weighted by Crippen LogP contribution is 2.31. The number of aromatic nitrogens is 8. The number of hydrogen-bond acceptors (Lipinski definition) is 6. The monoisotopic (exact) mass is 408 g/mol. The lowest BCUT2D eigenvalue weighted by Gasteiger charge is -2.02. The molecule has 0 atom stereocenters. The summed E-state index contributed by atoms with van der Waals surface area (Å²) in [6.45, 7) is 0. The van der Waals surface area contributed by atoms with E-state index in [1.807, 2.05) is 18.2 Å². The Balaban J connectivity index is 1.52. The largest absolute Gasteiger partial charge is 0.335 e. The Morgan fingerprint density at radius 3 is 2.68 bits per heavy atom. The molecule has 5 aromatic heterocycles. The van der Waals surface area contributed by atoms with Gasteiger partial charge in [-0.25, -0.2) is 24.3 Å². The summed E-state index contributed by atoms with van der Waals surface area (Å²) in [6, 6.07) is 10.2. The molecule has 148 valence electrons. The maximum absolute atomic E-state index is 13.8. The zero-order chi connectivity index (χ0) is 20.8. The Labute approximate surface area is 174 Å². The minimum absolute atomic E-state index is 0.301. The Morgan fingerprint density at radius 1 is 0.903 bits per heavy atom. The van der Waals surface area contributed by atoms with Crippen molar-refractivity contribution >= 4 is 22.1 Å².